The smallest absolute Gasteiger partial charge is 0.0589 e. The molecule has 0 saturated heterocycles. The third-order valence-electron chi connectivity index (χ3n) is 3.07. The summed E-state index contributed by atoms with van der Waals surface area (Å²) in [4.78, 5) is 2.56. The first-order valence-corrected chi connectivity index (χ1v) is 5.81. The lowest BCUT2D eigenvalue weighted by atomic mass is 10.2. The predicted octanol–water partition coefficient (Wildman–Crippen LogP) is 1.23. The maximum Gasteiger partial charge on any atom is 0.0589 e. The number of hydrogen-bond donors (Lipinski definition) is 1. The molecule has 1 fully saturated rings. The maximum atomic E-state index is 5.55. The van der Waals surface area contributed by atoms with E-state index >= 15 is 0 Å². The van der Waals surface area contributed by atoms with E-state index in [1.165, 1.54) is 25.7 Å². The van der Waals surface area contributed by atoms with Gasteiger partial charge in [0.25, 0.3) is 0 Å². The lowest BCUT2D eigenvalue weighted by Crippen LogP contribution is -2.37. The Morgan fingerprint density at radius 1 is 1.29 bits per heavy atom. The Balaban J connectivity index is 2.26. The van der Waals surface area contributed by atoms with Crippen LogP contribution in [0.5, 0.6) is 0 Å². The molecule has 84 valence electrons. The van der Waals surface area contributed by atoms with Crippen LogP contribution in [0.2, 0.25) is 0 Å². The molecule has 3 heteroatoms. The van der Waals surface area contributed by atoms with Gasteiger partial charge in [0.1, 0.15) is 0 Å². The van der Waals surface area contributed by atoms with Crippen molar-refractivity contribution in [3.8, 4) is 0 Å². The molecule has 0 aromatic heterocycles. The van der Waals surface area contributed by atoms with Gasteiger partial charge in [-0.3, -0.25) is 4.90 Å². The van der Waals surface area contributed by atoms with Crippen molar-refractivity contribution in [1.82, 2.24) is 4.90 Å². The average molecular weight is 200 g/mol. The third-order valence-corrected chi connectivity index (χ3v) is 3.07. The Morgan fingerprint density at radius 3 is 2.57 bits per heavy atom. The number of methoxy groups -OCH3 is 1. The van der Waals surface area contributed by atoms with Crippen molar-refractivity contribution < 1.29 is 4.74 Å². The SMILES string of the molecule is COCCN(CCCN)C1CCCC1. The summed E-state index contributed by atoms with van der Waals surface area (Å²) in [5.74, 6) is 0. The molecule has 0 aromatic carbocycles. The first-order valence-electron chi connectivity index (χ1n) is 5.81. The topological polar surface area (TPSA) is 38.5 Å². The van der Waals surface area contributed by atoms with Gasteiger partial charge in [-0.25, -0.2) is 0 Å². The van der Waals surface area contributed by atoms with E-state index in [0.29, 0.717) is 0 Å². The molecule has 1 saturated carbocycles. The normalized spacial score (nSPS) is 18.2. The number of nitrogens with two attached hydrogens (primary N) is 1. The summed E-state index contributed by atoms with van der Waals surface area (Å²) in [6.45, 7) is 3.86. The number of hydrogen-bond acceptors (Lipinski definition) is 3. The fraction of sp³-hybridized carbons (Fsp3) is 1.00. The van der Waals surface area contributed by atoms with Gasteiger partial charge >= 0.3 is 0 Å². The molecule has 0 atom stereocenters. The lowest BCUT2D eigenvalue weighted by Gasteiger charge is -2.28. The second-order valence-electron chi connectivity index (χ2n) is 4.11. The zero-order valence-electron chi connectivity index (χ0n) is 9.37. The van der Waals surface area contributed by atoms with Gasteiger partial charge in [0.15, 0.2) is 0 Å². The Hall–Kier alpha value is -0.120. The van der Waals surface area contributed by atoms with E-state index in [-0.39, 0.29) is 0 Å². The van der Waals surface area contributed by atoms with Gasteiger partial charge in [-0.15, -0.1) is 0 Å². The van der Waals surface area contributed by atoms with Crippen LogP contribution in [0, 0.1) is 0 Å². The number of nitrogens with zero attached hydrogens (tertiary/aromatic N) is 1. The van der Waals surface area contributed by atoms with Crippen molar-refractivity contribution in [2.45, 2.75) is 38.1 Å². The van der Waals surface area contributed by atoms with Crippen molar-refractivity contribution in [2.24, 2.45) is 5.73 Å². The molecule has 1 aliphatic carbocycles. The summed E-state index contributed by atoms with van der Waals surface area (Å²) in [5.41, 5.74) is 5.55. The molecular weight excluding hydrogens is 176 g/mol. The van der Waals surface area contributed by atoms with Crippen molar-refractivity contribution in [3.05, 3.63) is 0 Å². The molecule has 0 heterocycles. The minimum Gasteiger partial charge on any atom is -0.383 e. The highest BCUT2D eigenvalue weighted by Crippen LogP contribution is 2.23. The monoisotopic (exact) mass is 200 g/mol. The van der Waals surface area contributed by atoms with E-state index in [0.717, 1.165) is 38.7 Å². The number of ether oxygens (including phenoxy) is 1. The molecule has 3 nitrogen and oxygen atoms in total. The summed E-state index contributed by atoms with van der Waals surface area (Å²) in [6, 6.07) is 0.802. The van der Waals surface area contributed by atoms with Gasteiger partial charge < -0.3 is 10.5 Å². The highest BCUT2D eigenvalue weighted by molar-refractivity contribution is 4.77. The van der Waals surface area contributed by atoms with Crippen molar-refractivity contribution in [1.29, 1.82) is 0 Å². The van der Waals surface area contributed by atoms with Crippen LogP contribution < -0.4 is 5.73 Å². The van der Waals surface area contributed by atoms with Crippen LogP contribution in [0.4, 0.5) is 0 Å². The summed E-state index contributed by atoms with van der Waals surface area (Å²) in [7, 11) is 1.77. The van der Waals surface area contributed by atoms with Crippen LogP contribution in [-0.2, 0) is 4.74 Å². The van der Waals surface area contributed by atoms with Gasteiger partial charge in [0.05, 0.1) is 6.61 Å². The second-order valence-corrected chi connectivity index (χ2v) is 4.11. The van der Waals surface area contributed by atoms with Crippen LogP contribution in [0.3, 0.4) is 0 Å². The second kappa shape index (κ2) is 7.21. The molecule has 0 radical (unpaired) electrons. The molecule has 1 aliphatic rings. The van der Waals surface area contributed by atoms with Crippen molar-refractivity contribution in [3.63, 3.8) is 0 Å². The van der Waals surface area contributed by atoms with Crippen LogP contribution in [0.25, 0.3) is 0 Å². The summed E-state index contributed by atoms with van der Waals surface area (Å²) >= 11 is 0. The minimum absolute atomic E-state index is 0.802. The van der Waals surface area contributed by atoms with E-state index in [2.05, 4.69) is 4.90 Å². The molecule has 14 heavy (non-hydrogen) atoms. The molecule has 0 unspecified atom stereocenters. The third kappa shape index (κ3) is 3.95. The molecule has 2 N–H and O–H groups in total. The van der Waals surface area contributed by atoms with Gasteiger partial charge in [-0.05, 0) is 32.4 Å². The first-order chi connectivity index (χ1) is 6.88. The largest absolute Gasteiger partial charge is 0.383 e. The molecule has 0 spiro atoms. The van der Waals surface area contributed by atoms with Crippen LogP contribution >= 0.6 is 0 Å². The van der Waals surface area contributed by atoms with Crippen LogP contribution in [-0.4, -0.2) is 44.3 Å². The highest BCUT2D eigenvalue weighted by Gasteiger charge is 2.21. The first kappa shape index (κ1) is 12.0. The summed E-state index contributed by atoms with van der Waals surface area (Å²) < 4.78 is 5.14. The lowest BCUT2D eigenvalue weighted by molar-refractivity contribution is 0.120. The average Bonchev–Trinajstić information content (AvgIpc) is 2.71. The zero-order chi connectivity index (χ0) is 10.2. The quantitative estimate of drug-likeness (QED) is 0.671. The van der Waals surface area contributed by atoms with Crippen LogP contribution in [0.15, 0.2) is 0 Å². The highest BCUT2D eigenvalue weighted by atomic mass is 16.5. The molecular formula is C11H24N2O. The van der Waals surface area contributed by atoms with Crippen molar-refractivity contribution >= 4 is 0 Å². The molecule has 0 aromatic rings. The molecule has 0 aliphatic heterocycles. The molecule has 0 amide bonds. The fourth-order valence-corrected chi connectivity index (χ4v) is 2.25. The molecule has 0 bridgehead atoms. The van der Waals surface area contributed by atoms with E-state index in [1.54, 1.807) is 7.11 Å². The van der Waals surface area contributed by atoms with Gasteiger partial charge in [0.2, 0.25) is 0 Å². The fourth-order valence-electron chi connectivity index (χ4n) is 2.25. The Bertz CT molecular complexity index is 127. The van der Waals surface area contributed by atoms with Gasteiger partial charge in [-0.1, -0.05) is 12.8 Å². The number of rotatable bonds is 7. The summed E-state index contributed by atoms with van der Waals surface area (Å²) in [6.07, 6.45) is 6.65. The Morgan fingerprint density at radius 2 is 2.00 bits per heavy atom. The zero-order valence-corrected chi connectivity index (χ0v) is 9.37. The van der Waals surface area contributed by atoms with Crippen LogP contribution in [0.1, 0.15) is 32.1 Å². The maximum absolute atomic E-state index is 5.55. The van der Waals surface area contributed by atoms with E-state index in [4.69, 9.17) is 10.5 Å². The Kier molecular flexibility index (Phi) is 6.15. The molecule has 1 rings (SSSR count). The predicted molar refractivity (Wildman–Crippen MR) is 59.4 cm³/mol. The van der Waals surface area contributed by atoms with E-state index in [9.17, 15) is 0 Å². The van der Waals surface area contributed by atoms with E-state index in [1.807, 2.05) is 0 Å². The van der Waals surface area contributed by atoms with E-state index < -0.39 is 0 Å². The minimum atomic E-state index is 0.802. The standard InChI is InChI=1S/C11H24N2O/c1-14-10-9-13(8-4-7-12)11-5-2-3-6-11/h11H,2-10,12H2,1H3. The van der Waals surface area contributed by atoms with Gasteiger partial charge in [0, 0.05) is 19.7 Å². The van der Waals surface area contributed by atoms with Crippen molar-refractivity contribution in [2.75, 3.05) is 33.4 Å². The summed E-state index contributed by atoms with van der Waals surface area (Å²) in [5, 5.41) is 0. The van der Waals surface area contributed by atoms with Gasteiger partial charge in [-0.2, -0.15) is 0 Å². The Labute approximate surface area is 87.6 Å².